The summed E-state index contributed by atoms with van der Waals surface area (Å²) >= 11 is 6.46. The lowest BCUT2D eigenvalue weighted by Gasteiger charge is -2.38. The number of nitriles is 1. The zero-order valence-electron chi connectivity index (χ0n) is 37.6. The summed E-state index contributed by atoms with van der Waals surface area (Å²) in [4.78, 5) is 60.8. The molecule has 8 rings (SSSR count). The van der Waals surface area contributed by atoms with Crippen molar-refractivity contribution in [1.82, 2.24) is 29.3 Å². The number of benzene rings is 3. The number of rotatable bonds is 11. The monoisotopic (exact) mass is 944 g/mol. The Morgan fingerprint density at radius 2 is 1.63 bits per heavy atom. The van der Waals surface area contributed by atoms with Gasteiger partial charge in [-0.1, -0.05) is 43.6 Å². The number of imidazole rings is 1. The first-order valence-corrected chi connectivity index (χ1v) is 22.4. The van der Waals surface area contributed by atoms with Crippen LogP contribution in [0.2, 0.25) is 5.02 Å². The minimum absolute atomic E-state index is 0.226. The highest BCUT2D eigenvalue weighted by atomic mass is 35.5. The summed E-state index contributed by atoms with van der Waals surface area (Å²) in [6, 6.07) is 21.3. The molecule has 67 heavy (non-hydrogen) atoms. The van der Waals surface area contributed by atoms with Gasteiger partial charge in [0.15, 0.2) is 5.75 Å². The number of nitrogens with one attached hydrogen (secondary N) is 1. The van der Waals surface area contributed by atoms with Crippen LogP contribution >= 0.6 is 11.6 Å². The van der Waals surface area contributed by atoms with Crippen LogP contribution in [0, 0.1) is 17.2 Å². The standard InChI is InChI=1S/C46H51ClN8O5.C2HF3O2/c1-46(2,34-23-32(26-48)42(59-4)37(47)25-34)33-6-8-36(9-7-33)60-28-35-13-18-49-44(50-35)54-21-14-29(15-22-54)27-53-19-16-30(17-20-53)31-5-10-38-40(24-31)52(3)45(58)55(38)39-11-12-41(56)51-43(39)57;3-2(4,5)1(6)7/h5-10,13,18,23-25,29-30,39H,11-12,14-17,19-22,27-28H2,1-4H3,(H,51,56,57);(H,6,7). The lowest BCUT2D eigenvalue weighted by atomic mass is 9.77. The number of imide groups is 1. The first-order valence-electron chi connectivity index (χ1n) is 22.0. The maximum absolute atomic E-state index is 13.3. The molecule has 2 amide bonds. The molecule has 0 bridgehead atoms. The number of aromatic nitrogens is 4. The average molecular weight is 945 g/mol. The Morgan fingerprint density at radius 3 is 2.25 bits per heavy atom. The maximum Gasteiger partial charge on any atom is 0.490 e. The third kappa shape index (κ3) is 10.9. The molecule has 0 radical (unpaired) electrons. The number of piperidine rings is 3. The van der Waals surface area contributed by atoms with Gasteiger partial charge >= 0.3 is 17.8 Å². The Morgan fingerprint density at radius 1 is 0.940 bits per heavy atom. The van der Waals surface area contributed by atoms with Crippen molar-refractivity contribution in [3.63, 3.8) is 0 Å². The van der Waals surface area contributed by atoms with Crippen LogP contribution in [0.3, 0.4) is 0 Å². The first kappa shape index (κ1) is 48.5. The third-order valence-electron chi connectivity index (χ3n) is 13.1. The normalized spacial score (nSPS) is 17.7. The largest absolute Gasteiger partial charge is 0.494 e. The minimum Gasteiger partial charge on any atom is -0.494 e. The highest BCUT2D eigenvalue weighted by Gasteiger charge is 2.38. The number of methoxy groups -OCH3 is 1. The zero-order chi connectivity index (χ0) is 48.2. The van der Waals surface area contributed by atoms with Crippen LogP contribution in [0.15, 0.2) is 71.7 Å². The fourth-order valence-corrected chi connectivity index (χ4v) is 9.44. The van der Waals surface area contributed by atoms with E-state index in [1.165, 1.54) is 12.7 Å². The highest BCUT2D eigenvalue weighted by Crippen LogP contribution is 2.39. The van der Waals surface area contributed by atoms with E-state index in [2.05, 4.69) is 52.2 Å². The van der Waals surface area contributed by atoms with Crippen molar-refractivity contribution < 1.29 is 42.1 Å². The number of hydrogen-bond donors (Lipinski definition) is 2. The van der Waals surface area contributed by atoms with E-state index in [1.54, 1.807) is 16.2 Å². The second kappa shape index (κ2) is 20.2. The molecule has 1 atom stereocenters. The number of carbonyl (C=O) groups is 3. The van der Waals surface area contributed by atoms with Gasteiger partial charge in [-0.2, -0.15) is 18.4 Å². The fraction of sp³-hybridized carbons (Fsp3) is 0.438. The summed E-state index contributed by atoms with van der Waals surface area (Å²) in [7, 11) is 3.26. The van der Waals surface area contributed by atoms with Crippen molar-refractivity contribution in [3.8, 4) is 17.6 Å². The molecule has 3 aliphatic rings. The summed E-state index contributed by atoms with van der Waals surface area (Å²) in [6.07, 6.45) is 1.56. The molecule has 19 heteroatoms. The molecular formula is C48H52ClF3N8O7. The molecule has 1 unspecified atom stereocenters. The number of ether oxygens (including phenoxy) is 2. The Hall–Kier alpha value is -6.45. The predicted octanol–water partition coefficient (Wildman–Crippen LogP) is 7.28. The minimum atomic E-state index is -5.08. The summed E-state index contributed by atoms with van der Waals surface area (Å²) in [5.41, 5.74) is 5.33. The van der Waals surface area contributed by atoms with E-state index < -0.39 is 29.5 Å². The number of anilines is 1. The van der Waals surface area contributed by atoms with Gasteiger partial charge in [-0.3, -0.25) is 24.0 Å². The molecule has 354 valence electrons. The summed E-state index contributed by atoms with van der Waals surface area (Å²) in [6.45, 7) is 9.50. The van der Waals surface area contributed by atoms with Crippen molar-refractivity contribution in [1.29, 1.82) is 5.26 Å². The molecule has 2 N–H and O–H groups in total. The van der Waals surface area contributed by atoms with E-state index in [9.17, 15) is 32.8 Å². The molecule has 5 aromatic rings. The molecular weight excluding hydrogens is 893 g/mol. The SMILES string of the molecule is COc1c(Cl)cc(C(C)(C)c2ccc(OCc3ccnc(N4CCC(CN5CCC(c6ccc7c(c6)n(C)c(=O)n7C6CCC(=O)NC6=O)CC5)CC4)n3)cc2)cc1C#N.O=C(O)C(F)(F)F. The molecule has 3 aliphatic heterocycles. The summed E-state index contributed by atoms with van der Waals surface area (Å²) < 4.78 is 46.4. The second-order valence-electron chi connectivity index (χ2n) is 17.7. The number of amides is 2. The van der Waals surface area contributed by atoms with Gasteiger partial charge < -0.3 is 24.4 Å². The van der Waals surface area contributed by atoms with Gasteiger partial charge in [-0.25, -0.2) is 19.6 Å². The van der Waals surface area contributed by atoms with Crippen LogP contribution in [0.4, 0.5) is 19.1 Å². The summed E-state index contributed by atoms with van der Waals surface area (Å²) in [5, 5.41) is 19.6. The van der Waals surface area contributed by atoms with Gasteiger partial charge in [0.25, 0.3) is 0 Å². The van der Waals surface area contributed by atoms with Crippen LogP contribution < -0.4 is 25.4 Å². The van der Waals surface area contributed by atoms with Crippen LogP contribution in [0.25, 0.3) is 11.0 Å². The second-order valence-corrected chi connectivity index (χ2v) is 18.1. The number of aryl methyl sites for hydroxylation is 1. The summed E-state index contributed by atoms with van der Waals surface area (Å²) in [5.74, 6) is -0.576. The van der Waals surface area contributed by atoms with Gasteiger partial charge in [0, 0.05) is 44.7 Å². The van der Waals surface area contributed by atoms with Crippen molar-refractivity contribution in [2.24, 2.45) is 13.0 Å². The Bertz CT molecular complexity index is 2740. The van der Waals surface area contributed by atoms with Gasteiger partial charge in [-0.05, 0) is 116 Å². The smallest absolute Gasteiger partial charge is 0.490 e. The van der Waals surface area contributed by atoms with Crippen LogP contribution in [0.5, 0.6) is 11.5 Å². The number of hydrogen-bond acceptors (Lipinski definition) is 11. The Balaban J connectivity index is 0.000000883. The fourth-order valence-electron chi connectivity index (χ4n) is 9.15. The number of carboxylic acids is 1. The third-order valence-corrected chi connectivity index (χ3v) is 13.4. The van der Waals surface area contributed by atoms with Crippen LogP contribution in [0.1, 0.15) is 92.3 Å². The molecule has 3 fully saturated rings. The van der Waals surface area contributed by atoms with E-state index >= 15 is 0 Å². The lowest BCUT2D eigenvalue weighted by Crippen LogP contribution is -2.44. The van der Waals surface area contributed by atoms with Crippen molar-refractivity contribution in [2.45, 2.75) is 82.5 Å². The average Bonchev–Trinajstić information content (AvgIpc) is 3.56. The van der Waals surface area contributed by atoms with Gasteiger partial charge in [-0.15, -0.1) is 0 Å². The zero-order valence-corrected chi connectivity index (χ0v) is 38.4. The van der Waals surface area contributed by atoms with Gasteiger partial charge in [0.2, 0.25) is 17.8 Å². The molecule has 3 aromatic carbocycles. The van der Waals surface area contributed by atoms with E-state index in [4.69, 9.17) is 36.0 Å². The molecule has 15 nitrogen and oxygen atoms in total. The number of aliphatic carboxylic acids is 1. The van der Waals surface area contributed by atoms with Crippen molar-refractivity contribution in [3.05, 3.63) is 110 Å². The first-order chi connectivity index (χ1) is 31.9. The Kier molecular flexibility index (Phi) is 14.6. The van der Waals surface area contributed by atoms with E-state index in [0.29, 0.717) is 41.2 Å². The van der Waals surface area contributed by atoms with Gasteiger partial charge in [0.1, 0.15) is 24.5 Å². The molecule has 0 saturated carbocycles. The number of carboxylic acid groups (broad SMARTS) is 1. The topological polar surface area (TPSA) is 185 Å². The van der Waals surface area contributed by atoms with Crippen molar-refractivity contribution in [2.75, 3.05) is 44.7 Å². The molecule has 2 aromatic heterocycles. The molecule has 0 spiro atoms. The number of alkyl halides is 3. The Labute approximate surface area is 390 Å². The van der Waals surface area contributed by atoms with Crippen LogP contribution in [-0.2, 0) is 33.5 Å². The molecule has 3 saturated heterocycles. The number of carbonyl (C=O) groups excluding carboxylic acids is 2. The number of halogens is 4. The van der Waals surface area contributed by atoms with Crippen LogP contribution in [-0.4, -0.2) is 92.9 Å². The van der Waals surface area contributed by atoms with E-state index in [0.717, 1.165) is 98.0 Å². The molecule has 0 aliphatic carbocycles. The number of nitrogens with zero attached hydrogens (tertiary/aromatic N) is 7. The molecule has 5 heterocycles. The quantitative estimate of drug-likeness (QED) is 0.126. The maximum atomic E-state index is 13.3. The highest BCUT2D eigenvalue weighted by molar-refractivity contribution is 6.32. The van der Waals surface area contributed by atoms with E-state index in [1.807, 2.05) is 54.7 Å². The van der Waals surface area contributed by atoms with Crippen molar-refractivity contribution >= 4 is 46.4 Å². The van der Waals surface area contributed by atoms with Gasteiger partial charge in [0.05, 0.1) is 34.4 Å². The lowest BCUT2D eigenvalue weighted by molar-refractivity contribution is -0.192. The number of fused-ring (bicyclic) bond motifs is 1. The predicted molar refractivity (Wildman–Crippen MR) is 243 cm³/mol. The van der Waals surface area contributed by atoms with E-state index in [-0.39, 0.29) is 18.0 Å². The number of likely N-dealkylation sites (tertiary alicyclic amines) is 1.